The highest BCUT2D eigenvalue weighted by Crippen LogP contribution is 2.18. The van der Waals surface area contributed by atoms with Crippen LogP contribution in [-0.2, 0) is 0 Å². The van der Waals surface area contributed by atoms with Crippen LogP contribution in [0, 0.1) is 18.3 Å². The van der Waals surface area contributed by atoms with Gasteiger partial charge >= 0.3 is 0 Å². The smallest absolute Gasteiger partial charge is 0.272 e. The van der Waals surface area contributed by atoms with E-state index in [-0.39, 0.29) is 5.91 Å². The number of anilines is 2. The van der Waals surface area contributed by atoms with Crippen molar-refractivity contribution in [3.05, 3.63) is 47.4 Å². The first kappa shape index (κ1) is 15.0. The van der Waals surface area contributed by atoms with E-state index >= 15 is 0 Å². The summed E-state index contributed by atoms with van der Waals surface area (Å²) in [7, 11) is 0. The predicted molar refractivity (Wildman–Crippen MR) is 86.3 cm³/mol. The maximum atomic E-state index is 12.5. The minimum atomic E-state index is -0.0539. The van der Waals surface area contributed by atoms with Gasteiger partial charge in [-0.1, -0.05) is 6.07 Å². The summed E-state index contributed by atoms with van der Waals surface area (Å²) >= 11 is 0. The Labute approximate surface area is 134 Å². The van der Waals surface area contributed by atoms with Gasteiger partial charge in [-0.05, 0) is 38.0 Å². The molecule has 0 bridgehead atoms. The average Bonchev–Trinajstić information content (AvgIpc) is 3.08. The summed E-state index contributed by atoms with van der Waals surface area (Å²) < 4.78 is 0. The molecule has 1 fully saturated rings. The van der Waals surface area contributed by atoms with Crippen LogP contribution in [0.1, 0.15) is 34.7 Å². The molecule has 6 nitrogen and oxygen atoms in total. The largest absolute Gasteiger partial charge is 0.340 e. The van der Waals surface area contributed by atoms with Crippen LogP contribution in [0.4, 0.5) is 11.5 Å². The molecule has 1 aromatic heterocycles. The number of rotatable bonds is 3. The van der Waals surface area contributed by atoms with E-state index in [0.717, 1.165) is 31.6 Å². The van der Waals surface area contributed by atoms with E-state index in [1.807, 2.05) is 11.0 Å². The molecular weight excluding hydrogens is 290 g/mol. The lowest BCUT2D eigenvalue weighted by Gasteiger charge is -2.15. The van der Waals surface area contributed by atoms with Crippen molar-refractivity contribution >= 4 is 17.4 Å². The lowest BCUT2D eigenvalue weighted by atomic mass is 10.2. The van der Waals surface area contributed by atoms with E-state index in [9.17, 15) is 4.79 Å². The number of carbonyl (C=O) groups excluding carboxylic acids is 1. The topological polar surface area (TPSA) is 81.9 Å². The number of nitriles is 1. The zero-order valence-corrected chi connectivity index (χ0v) is 12.9. The Balaban J connectivity index is 1.85. The van der Waals surface area contributed by atoms with Gasteiger partial charge in [-0.3, -0.25) is 4.79 Å². The van der Waals surface area contributed by atoms with Gasteiger partial charge in [-0.15, -0.1) is 0 Å². The second-order valence-corrected chi connectivity index (χ2v) is 5.50. The number of nitrogens with zero attached hydrogens (tertiary/aromatic N) is 4. The third-order valence-corrected chi connectivity index (χ3v) is 3.71. The Hall–Kier alpha value is -2.94. The molecule has 2 aromatic rings. The van der Waals surface area contributed by atoms with Gasteiger partial charge in [0.15, 0.2) is 0 Å². The molecule has 0 unspecified atom stereocenters. The Morgan fingerprint density at radius 3 is 2.78 bits per heavy atom. The van der Waals surface area contributed by atoms with Gasteiger partial charge in [0.1, 0.15) is 17.3 Å². The molecule has 1 aromatic carbocycles. The van der Waals surface area contributed by atoms with Crippen LogP contribution < -0.4 is 5.32 Å². The minimum absolute atomic E-state index is 0.0539. The Morgan fingerprint density at radius 1 is 1.26 bits per heavy atom. The summed E-state index contributed by atoms with van der Waals surface area (Å²) in [4.78, 5) is 22.9. The van der Waals surface area contributed by atoms with Crippen LogP contribution >= 0.6 is 0 Å². The van der Waals surface area contributed by atoms with Gasteiger partial charge in [0.05, 0.1) is 11.6 Å². The van der Waals surface area contributed by atoms with Gasteiger partial charge in [-0.2, -0.15) is 5.26 Å². The molecule has 3 rings (SSSR count). The first-order valence-corrected chi connectivity index (χ1v) is 7.58. The Morgan fingerprint density at radius 2 is 2.04 bits per heavy atom. The Kier molecular flexibility index (Phi) is 4.20. The van der Waals surface area contributed by atoms with Crippen LogP contribution in [0.5, 0.6) is 0 Å². The predicted octanol–water partition coefficient (Wildman–Crippen LogP) is 2.64. The van der Waals surface area contributed by atoms with Gasteiger partial charge in [0.25, 0.3) is 5.91 Å². The zero-order valence-electron chi connectivity index (χ0n) is 12.9. The molecule has 0 radical (unpaired) electrons. The molecule has 0 saturated carbocycles. The average molecular weight is 307 g/mol. The number of aromatic nitrogens is 2. The van der Waals surface area contributed by atoms with E-state index < -0.39 is 0 Å². The number of carbonyl (C=O) groups is 1. The number of likely N-dealkylation sites (tertiary alicyclic amines) is 1. The molecule has 23 heavy (non-hydrogen) atoms. The van der Waals surface area contributed by atoms with E-state index in [1.54, 1.807) is 31.2 Å². The minimum Gasteiger partial charge on any atom is -0.340 e. The lowest BCUT2D eigenvalue weighted by molar-refractivity contribution is 0.0786. The van der Waals surface area contributed by atoms with Crippen molar-refractivity contribution in [2.75, 3.05) is 18.4 Å². The van der Waals surface area contributed by atoms with E-state index in [2.05, 4.69) is 21.4 Å². The Bertz CT molecular complexity index is 775. The summed E-state index contributed by atoms with van der Waals surface area (Å²) in [5.41, 5.74) is 1.72. The van der Waals surface area contributed by atoms with Crippen LogP contribution in [-0.4, -0.2) is 33.9 Å². The summed E-state index contributed by atoms with van der Waals surface area (Å²) in [6.45, 7) is 3.33. The number of nitrogens with one attached hydrogen (secondary N) is 1. The first-order valence-electron chi connectivity index (χ1n) is 7.58. The fourth-order valence-corrected chi connectivity index (χ4v) is 2.64. The maximum Gasteiger partial charge on any atom is 0.272 e. The van der Waals surface area contributed by atoms with Crippen molar-refractivity contribution in [1.29, 1.82) is 5.26 Å². The molecule has 6 heteroatoms. The summed E-state index contributed by atoms with van der Waals surface area (Å²) in [5.74, 6) is 1.03. The highest BCUT2D eigenvalue weighted by atomic mass is 16.2. The molecule has 0 spiro atoms. The summed E-state index contributed by atoms with van der Waals surface area (Å²) in [5, 5.41) is 12.1. The molecular formula is C17H17N5O. The normalized spacial score (nSPS) is 13.7. The van der Waals surface area contributed by atoms with Gasteiger partial charge in [0.2, 0.25) is 0 Å². The number of benzene rings is 1. The second-order valence-electron chi connectivity index (χ2n) is 5.50. The van der Waals surface area contributed by atoms with Gasteiger partial charge in [-0.25, -0.2) is 9.97 Å². The van der Waals surface area contributed by atoms with Crippen LogP contribution in [0.25, 0.3) is 0 Å². The highest BCUT2D eigenvalue weighted by molar-refractivity contribution is 5.93. The van der Waals surface area contributed by atoms with Crippen LogP contribution in [0.3, 0.4) is 0 Å². The molecule has 1 aliphatic heterocycles. The van der Waals surface area contributed by atoms with E-state index in [0.29, 0.717) is 22.9 Å². The van der Waals surface area contributed by atoms with E-state index in [4.69, 9.17) is 5.26 Å². The number of hydrogen-bond donors (Lipinski definition) is 1. The van der Waals surface area contributed by atoms with Crippen molar-refractivity contribution in [1.82, 2.24) is 14.9 Å². The number of aryl methyl sites for hydroxylation is 1. The highest BCUT2D eigenvalue weighted by Gasteiger charge is 2.21. The standard InChI is InChI=1S/C17H17N5O/c1-12-19-15(17(23)22-7-2-3-8-22)10-16(20-12)21-14-6-4-5-13(9-14)11-18/h4-6,9-10H,2-3,7-8H2,1H3,(H,19,20,21). The van der Waals surface area contributed by atoms with Gasteiger partial charge < -0.3 is 10.2 Å². The fraction of sp³-hybridized carbons (Fsp3) is 0.294. The molecule has 0 aliphatic carbocycles. The monoisotopic (exact) mass is 307 g/mol. The summed E-state index contributed by atoms with van der Waals surface area (Å²) in [6.07, 6.45) is 2.09. The van der Waals surface area contributed by atoms with Crippen LogP contribution in [0.15, 0.2) is 30.3 Å². The third-order valence-electron chi connectivity index (χ3n) is 3.71. The van der Waals surface area contributed by atoms with Crippen LogP contribution in [0.2, 0.25) is 0 Å². The quantitative estimate of drug-likeness (QED) is 0.942. The van der Waals surface area contributed by atoms with Crippen molar-refractivity contribution in [2.45, 2.75) is 19.8 Å². The lowest BCUT2D eigenvalue weighted by Crippen LogP contribution is -2.28. The van der Waals surface area contributed by atoms with E-state index in [1.165, 1.54) is 0 Å². The second kappa shape index (κ2) is 6.44. The SMILES string of the molecule is Cc1nc(Nc2cccc(C#N)c2)cc(C(=O)N2CCCC2)n1. The first-order chi connectivity index (χ1) is 11.2. The van der Waals surface area contributed by atoms with Crippen molar-refractivity contribution in [2.24, 2.45) is 0 Å². The third kappa shape index (κ3) is 3.46. The fourth-order valence-electron chi connectivity index (χ4n) is 2.64. The maximum absolute atomic E-state index is 12.5. The molecule has 116 valence electrons. The molecule has 1 N–H and O–H groups in total. The molecule has 1 amide bonds. The van der Waals surface area contributed by atoms with Crippen molar-refractivity contribution in [3.8, 4) is 6.07 Å². The molecule has 1 saturated heterocycles. The summed E-state index contributed by atoms with van der Waals surface area (Å²) in [6, 6.07) is 10.9. The van der Waals surface area contributed by atoms with Gasteiger partial charge in [0, 0.05) is 24.8 Å². The number of amides is 1. The zero-order chi connectivity index (χ0) is 16.2. The van der Waals surface area contributed by atoms with Crippen molar-refractivity contribution in [3.63, 3.8) is 0 Å². The molecule has 1 aliphatic rings. The number of hydrogen-bond acceptors (Lipinski definition) is 5. The molecule has 2 heterocycles. The molecule has 0 atom stereocenters. The van der Waals surface area contributed by atoms with Crippen molar-refractivity contribution < 1.29 is 4.79 Å².